The van der Waals surface area contributed by atoms with Gasteiger partial charge in [-0.1, -0.05) is 158 Å². The van der Waals surface area contributed by atoms with Crippen LogP contribution in [0.1, 0.15) is 22.3 Å². The standard InChI is InChI=1S/C55H33N/c1-2-14-36(15-3-1)56-53-25-13-10-22-44(53)45-29-27-35(31-54(45)56)34-26-28-43-41-20-8-11-23-49(41)55(51(43)30-34)50-24-12-9-21-42(50)48-32-46-39-18-6-4-16-37(39)38-17-5-7-19-40(38)47(46)33-52(48)55/h1-33H. The third-order valence-electron chi connectivity index (χ3n) is 13.0. The highest BCUT2D eigenvalue weighted by Crippen LogP contribution is 2.64. The number of fused-ring (bicyclic) bond motifs is 19. The van der Waals surface area contributed by atoms with E-state index in [0.29, 0.717) is 0 Å². The topological polar surface area (TPSA) is 4.93 Å². The second-order valence-electron chi connectivity index (χ2n) is 15.6. The maximum absolute atomic E-state index is 2.56. The van der Waals surface area contributed by atoms with E-state index < -0.39 is 5.41 Å². The predicted octanol–water partition coefficient (Wildman–Crippen LogP) is 14.3. The molecular formula is C55H33N. The SMILES string of the molecule is c1ccc(-n2c3ccccc3c3ccc(-c4ccc5c(c4)C4(c6ccccc6-5)c5ccccc5-c5cc6c7ccccc7c7ccccc7c6cc54)cc32)cc1. The summed E-state index contributed by atoms with van der Waals surface area (Å²) in [6, 6.07) is 75.1. The second-order valence-corrected chi connectivity index (χ2v) is 15.6. The third-order valence-corrected chi connectivity index (χ3v) is 13.0. The number of rotatable bonds is 2. The Kier molecular flexibility index (Phi) is 5.89. The average molecular weight is 708 g/mol. The fourth-order valence-electron chi connectivity index (χ4n) is 10.7. The first-order valence-electron chi connectivity index (χ1n) is 19.6. The molecule has 1 atom stereocenters. The Bertz CT molecular complexity index is 3480. The van der Waals surface area contributed by atoms with Crippen molar-refractivity contribution in [1.29, 1.82) is 0 Å². The Hall–Kier alpha value is -7.22. The summed E-state index contributed by atoms with van der Waals surface area (Å²) in [7, 11) is 0. The number of nitrogens with zero attached hydrogens (tertiary/aromatic N) is 1. The van der Waals surface area contributed by atoms with Crippen LogP contribution in [0.2, 0.25) is 0 Å². The summed E-state index contributed by atoms with van der Waals surface area (Å²) in [4.78, 5) is 0. The summed E-state index contributed by atoms with van der Waals surface area (Å²) in [5.74, 6) is 0. The van der Waals surface area contributed by atoms with Gasteiger partial charge in [0.05, 0.1) is 16.4 Å². The van der Waals surface area contributed by atoms with Gasteiger partial charge >= 0.3 is 0 Å². The van der Waals surface area contributed by atoms with Crippen LogP contribution in [0.5, 0.6) is 0 Å². The van der Waals surface area contributed by atoms with Gasteiger partial charge in [-0.3, -0.25) is 0 Å². The Morgan fingerprint density at radius 2 is 0.750 bits per heavy atom. The van der Waals surface area contributed by atoms with Crippen molar-refractivity contribution < 1.29 is 0 Å². The van der Waals surface area contributed by atoms with Crippen molar-refractivity contribution in [1.82, 2.24) is 4.57 Å². The molecule has 11 aromatic rings. The Morgan fingerprint density at radius 1 is 0.268 bits per heavy atom. The third kappa shape index (κ3) is 3.75. The van der Waals surface area contributed by atoms with Crippen molar-refractivity contribution in [2.75, 3.05) is 0 Å². The largest absolute Gasteiger partial charge is 0.309 e. The van der Waals surface area contributed by atoms with Gasteiger partial charge in [-0.05, 0) is 130 Å². The fourth-order valence-corrected chi connectivity index (χ4v) is 10.7. The number of hydrogen-bond donors (Lipinski definition) is 0. The van der Waals surface area contributed by atoms with Crippen molar-refractivity contribution in [3.63, 3.8) is 0 Å². The molecule has 1 heteroatoms. The summed E-state index contributed by atoms with van der Waals surface area (Å²) in [6.07, 6.45) is 0. The molecule has 1 aromatic heterocycles. The van der Waals surface area contributed by atoms with E-state index in [9.17, 15) is 0 Å². The molecule has 1 nitrogen and oxygen atoms in total. The molecule has 0 amide bonds. The lowest BCUT2D eigenvalue weighted by atomic mass is 9.70. The van der Waals surface area contributed by atoms with Crippen LogP contribution >= 0.6 is 0 Å². The molecule has 13 rings (SSSR count). The number of benzene rings is 10. The van der Waals surface area contributed by atoms with E-state index in [1.807, 2.05) is 0 Å². The molecular weight excluding hydrogens is 675 g/mol. The van der Waals surface area contributed by atoms with Gasteiger partial charge in [0.2, 0.25) is 0 Å². The maximum atomic E-state index is 2.56. The maximum Gasteiger partial charge on any atom is 0.0725 e. The van der Waals surface area contributed by atoms with Crippen LogP contribution in [0.3, 0.4) is 0 Å². The van der Waals surface area contributed by atoms with Gasteiger partial charge in [0.15, 0.2) is 0 Å². The molecule has 0 bridgehead atoms. The molecule has 1 spiro atoms. The minimum Gasteiger partial charge on any atom is -0.309 e. The van der Waals surface area contributed by atoms with Crippen molar-refractivity contribution in [3.05, 3.63) is 222 Å². The lowest BCUT2D eigenvalue weighted by Gasteiger charge is -2.31. The molecule has 0 aliphatic heterocycles. The smallest absolute Gasteiger partial charge is 0.0725 e. The van der Waals surface area contributed by atoms with Gasteiger partial charge in [-0.2, -0.15) is 0 Å². The van der Waals surface area contributed by atoms with Gasteiger partial charge in [-0.25, -0.2) is 0 Å². The highest BCUT2D eigenvalue weighted by atomic mass is 15.0. The van der Waals surface area contributed by atoms with E-state index in [2.05, 4.69) is 205 Å². The molecule has 0 saturated heterocycles. The van der Waals surface area contributed by atoms with Crippen molar-refractivity contribution >= 4 is 54.1 Å². The zero-order valence-corrected chi connectivity index (χ0v) is 30.5. The lowest BCUT2D eigenvalue weighted by Crippen LogP contribution is -2.25. The van der Waals surface area contributed by atoms with Gasteiger partial charge in [0.1, 0.15) is 0 Å². The zero-order chi connectivity index (χ0) is 36.5. The summed E-state index contributed by atoms with van der Waals surface area (Å²) in [5, 5.41) is 10.4. The van der Waals surface area contributed by atoms with Crippen LogP contribution < -0.4 is 0 Å². The van der Waals surface area contributed by atoms with Crippen molar-refractivity contribution in [3.8, 4) is 39.1 Å². The summed E-state index contributed by atoms with van der Waals surface area (Å²) in [5.41, 5.74) is 16.3. The van der Waals surface area contributed by atoms with Gasteiger partial charge in [-0.15, -0.1) is 0 Å². The summed E-state index contributed by atoms with van der Waals surface area (Å²) < 4.78 is 2.42. The first-order valence-corrected chi connectivity index (χ1v) is 19.6. The van der Waals surface area contributed by atoms with Crippen LogP contribution in [0, 0.1) is 0 Å². The van der Waals surface area contributed by atoms with Crippen LogP contribution in [0.15, 0.2) is 200 Å². The molecule has 0 N–H and O–H groups in total. The molecule has 1 unspecified atom stereocenters. The average Bonchev–Trinajstić information content (AvgIpc) is 3.87. The quantitative estimate of drug-likeness (QED) is 0.158. The Balaban J connectivity index is 1.12. The number of para-hydroxylation sites is 2. The first-order chi connectivity index (χ1) is 27.8. The molecule has 0 radical (unpaired) electrons. The van der Waals surface area contributed by atoms with Gasteiger partial charge in [0, 0.05) is 16.5 Å². The second kappa shape index (κ2) is 10.9. The van der Waals surface area contributed by atoms with E-state index in [4.69, 9.17) is 0 Å². The molecule has 10 aromatic carbocycles. The highest BCUT2D eigenvalue weighted by Gasteiger charge is 2.51. The van der Waals surface area contributed by atoms with Crippen LogP contribution in [-0.2, 0) is 5.41 Å². The highest BCUT2D eigenvalue weighted by molar-refractivity contribution is 6.26. The van der Waals surface area contributed by atoms with E-state index in [0.717, 1.165) is 0 Å². The Labute approximate surface area is 324 Å². The van der Waals surface area contributed by atoms with Crippen molar-refractivity contribution in [2.45, 2.75) is 5.41 Å². The van der Waals surface area contributed by atoms with Crippen LogP contribution in [0.4, 0.5) is 0 Å². The molecule has 0 fully saturated rings. The minimum absolute atomic E-state index is 0.460. The molecule has 1 heterocycles. The Morgan fingerprint density at radius 3 is 1.46 bits per heavy atom. The minimum atomic E-state index is -0.460. The normalized spacial score (nSPS) is 15.2. The summed E-state index contributed by atoms with van der Waals surface area (Å²) >= 11 is 0. The first kappa shape index (κ1) is 30.1. The summed E-state index contributed by atoms with van der Waals surface area (Å²) in [6.45, 7) is 0. The predicted molar refractivity (Wildman–Crippen MR) is 235 cm³/mol. The van der Waals surface area contributed by atoms with Gasteiger partial charge < -0.3 is 4.57 Å². The molecule has 258 valence electrons. The molecule has 56 heavy (non-hydrogen) atoms. The van der Waals surface area contributed by atoms with Crippen molar-refractivity contribution in [2.24, 2.45) is 0 Å². The van der Waals surface area contributed by atoms with Gasteiger partial charge in [0.25, 0.3) is 0 Å². The molecule has 2 aliphatic rings. The van der Waals surface area contributed by atoms with Crippen LogP contribution in [-0.4, -0.2) is 4.57 Å². The zero-order valence-electron chi connectivity index (χ0n) is 30.5. The molecule has 0 saturated carbocycles. The van der Waals surface area contributed by atoms with E-state index >= 15 is 0 Å². The molecule has 2 aliphatic carbocycles. The number of aromatic nitrogens is 1. The van der Waals surface area contributed by atoms with Crippen LogP contribution in [0.25, 0.3) is 93.2 Å². The van der Waals surface area contributed by atoms with E-state index in [-0.39, 0.29) is 0 Å². The number of hydrogen-bond acceptors (Lipinski definition) is 0. The van der Waals surface area contributed by atoms with E-state index in [1.54, 1.807) is 0 Å². The lowest BCUT2D eigenvalue weighted by molar-refractivity contribution is 0.795. The monoisotopic (exact) mass is 707 g/mol. The van der Waals surface area contributed by atoms with E-state index in [1.165, 1.54) is 115 Å². The fraction of sp³-hybridized carbons (Fsp3) is 0.0182.